The Morgan fingerprint density at radius 1 is 1.17 bits per heavy atom. The summed E-state index contributed by atoms with van der Waals surface area (Å²) in [6, 6.07) is -1.21. The molecular weight excluding hydrogens is 336 g/mol. The topological polar surface area (TPSA) is 55.8 Å². The Kier molecular flexibility index (Phi) is 9.39. The van der Waals surface area contributed by atoms with Gasteiger partial charge in [-0.05, 0) is 27.7 Å². The number of esters is 1. The average molecular weight is 353 g/mol. The van der Waals surface area contributed by atoms with Gasteiger partial charge < -0.3 is 9.47 Å². The van der Waals surface area contributed by atoms with Gasteiger partial charge in [-0.2, -0.15) is 22.0 Å². The number of rotatable bonds is 4. The molecule has 0 radical (unpaired) electrons. The zero-order valence-corrected chi connectivity index (χ0v) is 12.8. The summed E-state index contributed by atoms with van der Waals surface area (Å²) in [7, 11) is 0. The molecule has 0 N–H and O–H groups in total. The molecule has 0 aliphatic heterocycles. The zero-order chi connectivity index (χ0) is 19.0. The van der Waals surface area contributed by atoms with Crippen molar-refractivity contribution in [3.8, 4) is 0 Å². The predicted octanol–water partition coefficient (Wildman–Crippen LogP) is 4.00. The molecule has 0 saturated carbocycles. The van der Waals surface area contributed by atoms with E-state index >= 15 is 0 Å². The molecule has 0 fully saturated rings. The number of carbonyl (C=O) groups is 2. The van der Waals surface area contributed by atoms with Gasteiger partial charge >= 0.3 is 24.3 Å². The number of nitrogens with zero attached hydrogens (tertiary/aromatic N) is 1. The lowest BCUT2D eigenvalue weighted by Gasteiger charge is -2.22. The second-order valence-electron chi connectivity index (χ2n) is 4.29. The maximum Gasteiger partial charge on any atom is 0.502 e. The largest absolute Gasteiger partial charge is 0.502 e. The van der Waals surface area contributed by atoms with Crippen LogP contribution in [-0.2, 0) is 14.3 Å². The molecule has 0 aromatic carbocycles. The normalized spacial score (nSPS) is 11.3. The first-order chi connectivity index (χ1) is 10.2. The highest BCUT2D eigenvalue weighted by Crippen LogP contribution is 2.36. The van der Waals surface area contributed by atoms with Gasteiger partial charge in [0.25, 0.3) is 0 Å². The van der Waals surface area contributed by atoms with Crippen LogP contribution in [0.4, 0.5) is 31.2 Å². The Bertz CT molecular complexity index is 422. The van der Waals surface area contributed by atoms with E-state index in [9.17, 15) is 36.0 Å². The SMILES string of the molecule is C=C(C)C(=O)OCC.CC(C)N(F)C(=O)OC(F)(F)C(F)(F)F. The highest BCUT2D eigenvalue weighted by atomic mass is 19.4. The minimum absolute atomic E-state index is 0.312. The van der Waals surface area contributed by atoms with Crippen molar-refractivity contribution in [1.82, 2.24) is 5.12 Å². The monoisotopic (exact) mass is 353 g/mol. The third-order valence-electron chi connectivity index (χ3n) is 1.80. The second kappa shape index (κ2) is 9.26. The van der Waals surface area contributed by atoms with Gasteiger partial charge in [-0.1, -0.05) is 11.1 Å². The lowest BCUT2D eigenvalue weighted by Crippen LogP contribution is -2.44. The van der Waals surface area contributed by atoms with Crippen LogP contribution in [0.5, 0.6) is 0 Å². The Labute approximate surface area is 128 Å². The molecule has 0 spiro atoms. The molecule has 0 saturated heterocycles. The first kappa shape index (κ1) is 23.3. The van der Waals surface area contributed by atoms with Gasteiger partial charge in [0.1, 0.15) is 0 Å². The predicted molar refractivity (Wildman–Crippen MR) is 67.0 cm³/mol. The number of ether oxygens (including phenoxy) is 2. The fraction of sp³-hybridized carbons (Fsp3) is 0.667. The number of amides is 1. The van der Waals surface area contributed by atoms with Crippen molar-refractivity contribution in [2.45, 2.75) is 46.0 Å². The van der Waals surface area contributed by atoms with E-state index < -0.39 is 29.5 Å². The molecule has 11 heteroatoms. The molecule has 0 aromatic heterocycles. The summed E-state index contributed by atoms with van der Waals surface area (Å²) >= 11 is 0. The van der Waals surface area contributed by atoms with E-state index in [0.29, 0.717) is 12.2 Å². The summed E-state index contributed by atoms with van der Waals surface area (Å²) in [5.74, 6) is -0.312. The minimum atomic E-state index is -6.07. The standard InChI is InChI=1S/C6H7F6NO2.C6H10O2/c1-3(2)13(12)4(14)15-6(10,11)5(7,8)9;1-4-8-6(7)5(2)3/h3H,1-2H3;2,4H2,1,3H3. The summed E-state index contributed by atoms with van der Waals surface area (Å²) in [6.07, 6.45) is -14.2. The van der Waals surface area contributed by atoms with Crippen LogP contribution in [0.15, 0.2) is 12.2 Å². The van der Waals surface area contributed by atoms with Gasteiger partial charge in [-0.3, -0.25) is 0 Å². The Morgan fingerprint density at radius 2 is 1.61 bits per heavy atom. The van der Waals surface area contributed by atoms with Crippen molar-refractivity contribution < 1.29 is 45.5 Å². The summed E-state index contributed by atoms with van der Waals surface area (Å²) in [5.41, 5.74) is 0.451. The summed E-state index contributed by atoms with van der Waals surface area (Å²) in [4.78, 5) is 20.8. The van der Waals surface area contributed by atoms with Crippen LogP contribution >= 0.6 is 0 Å². The maximum atomic E-state index is 12.5. The van der Waals surface area contributed by atoms with Crippen LogP contribution in [0.25, 0.3) is 0 Å². The highest BCUT2D eigenvalue weighted by molar-refractivity contribution is 5.86. The van der Waals surface area contributed by atoms with Gasteiger partial charge in [0.05, 0.1) is 12.6 Å². The Morgan fingerprint density at radius 3 is 1.83 bits per heavy atom. The molecule has 0 heterocycles. The molecule has 0 unspecified atom stereocenters. The smallest absolute Gasteiger partial charge is 0.463 e. The fourth-order valence-electron chi connectivity index (χ4n) is 0.676. The lowest BCUT2D eigenvalue weighted by molar-refractivity contribution is -0.374. The molecule has 0 bridgehead atoms. The summed E-state index contributed by atoms with van der Waals surface area (Å²) < 4.78 is 78.3. The molecule has 0 aromatic rings. The van der Waals surface area contributed by atoms with Gasteiger partial charge in [-0.25, -0.2) is 9.59 Å². The van der Waals surface area contributed by atoms with Crippen molar-refractivity contribution in [2.24, 2.45) is 0 Å². The molecule has 0 atom stereocenters. The van der Waals surface area contributed by atoms with E-state index in [-0.39, 0.29) is 5.97 Å². The average Bonchev–Trinajstić information content (AvgIpc) is 2.36. The summed E-state index contributed by atoms with van der Waals surface area (Å²) in [5, 5.41) is -0.875. The van der Waals surface area contributed by atoms with Crippen molar-refractivity contribution in [3.63, 3.8) is 0 Å². The van der Waals surface area contributed by atoms with Gasteiger partial charge in [0.15, 0.2) is 0 Å². The molecule has 1 amide bonds. The molecule has 5 nitrogen and oxygen atoms in total. The van der Waals surface area contributed by atoms with Crippen LogP contribution in [0.3, 0.4) is 0 Å². The van der Waals surface area contributed by atoms with Gasteiger partial charge in [-0.15, -0.1) is 5.12 Å². The Hall–Kier alpha value is -1.94. The molecule has 136 valence electrons. The third-order valence-corrected chi connectivity index (χ3v) is 1.80. The van der Waals surface area contributed by atoms with E-state index in [1.807, 2.05) is 0 Å². The van der Waals surface area contributed by atoms with Crippen LogP contribution < -0.4 is 0 Å². The van der Waals surface area contributed by atoms with Gasteiger partial charge in [0, 0.05) is 5.57 Å². The lowest BCUT2D eigenvalue weighted by atomic mass is 10.4. The molecular formula is C12H17F6NO4. The first-order valence-electron chi connectivity index (χ1n) is 6.12. The van der Waals surface area contributed by atoms with Crippen LogP contribution in [0.1, 0.15) is 27.7 Å². The second-order valence-corrected chi connectivity index (χ2v) is 4.29. The first-order valence-corrected chi connectivity index (χ1v) is 6.12. The van der Waals surface area contributed by atoms with Crippen molar-refractivity contribution >= 4 is 12.1 Å². The van der Waals surface area contributed by atoms with E-state index in [1.165, 1.54) is 0 Å². The van der Waals surface area contributed by atoms with Gasteiger partial charge in [0.2, 0.25) is 0 Å². The van der Waals surface area contributed by atoms with E-state index in [0.717, 1.165) is 13.8 Å². The number of hydrogen-bond donors (Lipinski definition) is 0. The van der Waals surface area contributed by atoms with E-state index in [4.69, 9.17) is 0 Å². The Balaban J connectivity index is 0. The quantitative estimate of drug-likeness (QED) is 0.332. The molecule has 23 heavy (non-hydrogen) atoms. The minimum Gasteiger partial charge on any atom is -0.463 e. The number of hydrogen-bond acceptors (Lipinski definition) is 4. The maximum absolute atomic E-state index is 12.5. The fourth-order valence-corrected chi connectivity index (χ4v) is 0.676. The zero-order valence-electron chi connectivity index (χ0n) is 12.8. The van der Waals surface area contributed by atoms with Crippen LogP contribution in [0.2, 0.25) is 0 Å². The van der Waals surface area contributed by atoms with Crippen LogP contribution in [0, 0.1) is 0 Å². The van der Waals surface area contributed by atoms with E-state index in [2.05, 4.69) is 16.1 Å². The molecule has 0 aliphatic carbocycles. The number of carbonyl (C=O) groups excluding carboxylic acids is 2. The molecule has 0 aliphatic rings. The van der Waals surface area contributed by atoms with Crippen molar-refractivity contribution in [1.29, 1.82) is 0 Å². The van der Waals surface area contributed by atoms with Crippen molar-refractivity contribution in [3.05, 3.63) is 12.2 Å². The number of halogens is 6. The van der Waals surface area contributed by atoms with E-state index in [1.54, 1.807) is 13.8 Å². The number of alkyl halides is 5. The molecule has 0 rings (SSSR count). The highest BCUT2D eigenvalue weighted by Gasteiger charge is 2.62. The van der Waals surface area contributed by atoms with Crippen molar-refractivity contribution in [2.75, 3.05) is 6.61 Å². The summed E-state index contributed by atoms with van der Waals surface area (Å²) in [6.45, 7) is 9.33. The van der Waals surface area contributed by atoms with Crippen LogP contribution in [-0.4, -0.2) is 42.1 Å². The third kappa shape index (κ3) is 8.94.